The van der Waals surface area contributed by atoms with Crippen molar-refractivity contribution in [2.75, 3.05) is 24.2 Å². The number of amides is 1. The molecule has 1 aromatic heterocycles. The summed E-state index contributed by atoms with van der Waals surface area (Å²) in [5.74, 6) is 0.528. The molecule has 0 unspecified atom stereocenters. The molecular weight excluding hydrogens is 453 g/mol. The molecule has 0 aliphatic carbocycles. The SMILES string of the molecule is CCC(=O)Nc1ccc(C(=O)CSc2nnc(CN3CCCCC3)n2-c2ccc(F)cc2)cc1. The molecule has 2 aromatic carbocycles. The predicted octanol–water partition coefficient (Wildman–Crippen LogP) is 4.72. The molecule has 0 spiro atoms. The third kappa shape index (κ3) is 6.09. The van der Waals surface area contributed by atoms with Gasteiger partial charge in [-0.05, 0) is 74.5 Å². The Labute approximate surface area is 202 Å². The highest BCUT2D eigenvalue weighted by Crippen LogP contribution is 2.25. The van der Waals surface area contributed by atoms with E-state index in [1.807, 2.05) is 4.57 Å². The quantitative estimate of drug-likeness (QED) is 0.352. The van der Waals surface area contributed by atoms with Crippen LogP contribution in [0.4, 0.5) is 10.1 Å². The fraction of sp³-hybridized carbons (Fsp3) is 0.360. The molecule has 7 nitrogen and oxygen atoms in total. The molecule has 0 saturated carbocycles. The van der Waals surface area contributed by atoms with Gasteiger partial charge in [-0.3, -0.25) is 19.1 Å². The zero-order valence-corrected chi connectivity index (χ0v) is 20.0. The summed E-state index contributed by atoms with van der Waals surface area (Å²) in [5, 5.41) is 12.1. The molecule has 0 radical (unpaired) electrons. The summed E-state index contributed by atoms with van der Waals surface area (Å²) < 4.78 is 15.5. The molecule has 1 aliphatic heterocycles. The lowest BCUT2D eigenvalue weighted by atomic mass is 10.1. The normalized spacial score (nSPS) is 14.2. The Bertz CT molecular complexity index is 1130. The van der Waals surface area contributed by atoms with Crippen LogP contribution in [0.1, 0.15) is 48.8 Å². The van der Waals surface area contributed by atoms with Gasteiger partial charge in [0.2, 0.25) is 5.91 Å². The molecule has 2 heterocycles. The number of nitrogens with zero attached hydrogens (tertiary/aromatic N) is 4. The molecule has 1 N–H and O–H groups in total. The monoisotopic (exact) mass is 481 g/mol. The standard InChI is InChI=1S/C25H28FN5O2S/c1-2-24(33)27-20-10-6-18(7-11-20)22(32)17-34-25-29-28-23(16-30-14-4-3-5-15-30)31(25)21-12-8-19(26)9-13-21/h6-13H,2-5,14-17H2,1H3,(H,27,33). The highest BCUT2D eigenvalue weighted by atomic mass is 32.2. The number of likely N-dealkylation sites (tertiary alicyclic amines) is 1. The number of rotatable bonds is 9. The van der Waals surface area contributed by atoms with Gasteiger partial charge < -0.3 is 5.32 Å². The van der Waals surface area contributed by atoms with Crippen molar-refractivity contribution in [3.63, 3.8) is 0 Å². The second-order valence-electron chi connectivity index (χ2n) is 8.24. The summed E-state index contributed by atoms with van der Waals surface area (Å²) in [4.78, 5) is 26.7. The van der Waals surface area contributed by atoms with Crippen LogP contribution in [0.15, 0.2) is 53.7 Å². The Morgan fingerprint density at radius 1 is 1.00 bits per heavy atom. The van der Waals surface area contributed by atoms with Crippen LogP contribution in [0.2, 0.25) is 0 Å². The molecule has 1 fully saturated rings. The molecule has 0 bridgehead atoms. The van der Waals surface area contributed by atoms with E-state index in [2.05, 4.69) is 20.4 Å². The van der Waals surface area contributed by atoms with E-state index in [9.17, 15) is 14.0 Å². The number of carbonyl (C=O) groups is 2. The number of benzene rings is 2. The number of carbonyl (C=O) groups excluding carboxylic acids is 2. The van der Waals surface area contributed by atoms with Crippen molar-refractivity contribution in [1.29, 1.82) is 0 Å². The van der Waals surface area contributed by atoms with Gasteiger partial charge >= 0.3 is 0 Å². The molecule has 1 aliphatic rings. The van der Waals surface area contributed by atoms with Crippen LogP contribution in [-0.2, 0) is 11.3 Å². The molecule has 0 atom stereocenters. The lowest BCUT2D eigenvalue weighted by Gasteiger charge is -2.26. The van der Waals surface area contributed by atoms with Crippen molar-refractivity contribution in [3.8, 4) is 5.69 Å². The fourth-order valence-corrected chi connectivity index (χ4v) is 4.73. The number of ketones is 1. The van der Waals surface area contributed by atoms with Crippen molar-refractivity contribution in [1.82, 2.24) is 19.7 Å². The minimum atomic E-state index is -0.308. The average Bonchev–Trinajstić information content (AvgIpc) is 3.26. The molecule has 1 saturated heterocycles. The van der Waals surface area contributed by atoms with Gasteiger partial charge in [0.05, 0.1) is 12.3 Å². The largest absolute Gasteiger partial charge is 0.326 e. The number of Topliss-reactive ketones (excluding diaryl/α,β-unsaturated/α-hetero) is 1. The molecule has 34 heavy (non-hydrogen) atoms. The summed E-state index contributed by atoms with van der Waals surface area (Å²) in [6, 6.07) is 13.1. The molecule has 3 aromatic rings. The first-order chi connectivity index (χ1) is 16.5. The molecule has 9 heteroatoms. The number of hydrogen-bond donors (Lipinski definition) is 1. The van der Waals surface area contributed by atoms with Gasteiger partial charge in [0, 0.05) is 23.4 Å². The lowest BCUT2D eigenvalue weighted by molar-refractivity contribution is -0.115. The van der Waals surface area contributed by atoms with Crippen molar-refractivity contribution in [2.24, 2.45) is 0 Å². The first-order valence-electron chi connectivity index (χ1n) is 11.5. The second-order valence-corrected chi connectivity index (χ2v) is 9.18. The second kappa shape index (κ2) is 11.4. The maximum atomic E-state index is 13.5. The number of hydrogen-bond acceptors (Lipinski definition) is 6. The molecule has 4 rings (SSSR count). The van der Waals surface area contributed by atoms with Gasteiger partial charge in [-0.2, -0.15) is 0 Å². The van der Waals surface area contributed by atoms with E-state index in [4.69, 9.17) is 0 Å². The minimum absolute atomic E-state index is 0.0513. The van der Waals surface area contributed by atoms with E-state index in [0.717, 1.165) is 24.6 Å². The van der Waals surface area contributed by atoms with Gasteiger partial charge in [-0.15, -0.1) is 10.2 Å². The van der Waals surface area contributed by atoms with Crippen LogP contribution in [0, 0.1) is 5.82 Å². The lowest BCUT2D eigenvalue weighted by Crippen LogP contribution is -2.30. The Kier molecular flexibility index (Phi) is 8.08. The number of halogens is 1. The first kappa shape index (κ1) is 24.1. The summed E-state index contributed by atoms with van der Waals surface area (Å²) in [6.07, 6.45) is 3.98. The number of anilines is 1. The maximum Gasteiger partial charge on any atom is 0.224 e. The average molecular weight is 482 g/mol. The zero-order chi connectivity index (χ0) is 23.9. The maximum absolute atomic E-state index is 13.5. The van der Waals surface area contributed by atoms with Crippen LogP contribution in [-0.4, -0.2) is 50.2 Å². The summed E-state index contributed by atoms with van der Waals surface area (Å²) in [6.45, 7) is 4.48. The Morgan fingerprint density at radius 3 is 2.38 bits per heavy atom. The Morgan fingerprint density at radius 2 is 1.71 bits per heavy atom. The molecular formula is C25H28FN5O2S. The van der Waals surface area contributed by atoms with Gasteiger partial charge in [0.1, 0.15) is 5.82 Å². The summed E-state index contributed by atoms with van der Waals surface area (Å²) in [5.41, 5.74) is 1.99. The minimum Gasteiger partial charge on any atom is -0.326 e. The highest BCUT2D eigenvalue weighted by Gasteiger charge is 2.20. The van der Waals surface area contributed by atoms with Gasteiger partial charge in [0.15, 0.2) is 16.8 Å². The number of thioether (sulfide) groups is 1. The summed E-state index contributed by atoms with van der Waals surface area (Å²) >= 11 is 1.31. The van der Waals surface area contributed by atoms with Crippen LogP contribution >= 0.6 is 11.8 Å². The number of piperidine rings is 1. The van der Waals surface area contributed by atoms with Crippen LogP contribution in [0.3, 0.4) is 0 Å². The van der Waals surface area contributed by atoms with E-state index in [1.54, 1.807) is 43.3 Å². The fourth-order valence-electron chi connectivity index (χ4n) is 3.87. The van der Waals surface area contributed by atoms with E-state index in [-0.39, 0.29) is 23.3 Å². The Balaban J connectivity index is 1.49. The third-order valence-electron chi connectivity index (χ3n) is 5.74. The number of aromatic nitrogens is 3. The van der Waals surface area contributed by atoms with Crippen LogP contribution < -0.4 is 5.32 Å². The van der Waals surface area contributed by atoms with Crippen LogP contribution in [0.5, 0.6) is 0 Å². The van der Waals surface area contributed by atoms with Gasteiger partial charge in [-0.25, -0.2) is 4.39 Å². The summed E-state index contributed by atoms with van der Waals surface area (Å²) in [7, 11) is 0. The third-order valence-corrected chi connectivity index (χ3v) is 6.67. The predicted molar refractivity (Wildman–Crippen MR) is 131 cm³/mol. The van der Waals surface area contributed by atoms with E-state index < -0.39 is 0 Å². The zero-order valence-electron chi connectivity index (χ0n) is 19.2. The van der Waals surface area contributed by atoms with Crippen molar-refractivity contribution >= 4 is 29.1 Å². The van der Waals surface area contributed by atoms with Crippen molar-refractivity contribution in [3.05, 3.63) is 65.7 Å². The van der Waals surface area contributed by atoms with Crippen LogP contribution in [0.25, 0.3) is 5.69 Å². The highest BCUT2D eigenvalue weighted by molar-refractivity contribution is 7.99. The Hall–Kier alpha value is -3.04. The van der Waals surface area contributed by atoms with E-state index in [1.165, 1.54) is 43.2 Å². The van der Waals surface area contributed by atoms with Crippen molar-refractivity contribution in [2.45, 2.75) is 44.3 Å². The number of nitrogens with one attached hydrogen (secondary N) is 1. The first-order valence-corrected chi connectivity index (χ1v) is 12.5. The van der Waals surface area contributed by atoms with E-state index in [0.29, 0.717) is 29.4 Å². The van der Waals surface area contributed by atoms with Crippen molar-refractivity contribution < 1.29 is 14.0 Å². The van der Waals surface area contributed by atoms with E-state index >= 15 is 0 Å². The topological polar surface area (TPSA) is 80.1 Å². The molecule has 1 amide bonds. The van der Waals surface area contributed by atoms with Gasteiger partial charge in [-0.1, -0.05) is 25.1 Å². The molecule has 178 valence electrons. The smallest absolute Gasteiger partial charge is 0.224 e. The van der Waals surface area contributed by atoms with Gasteiger partial charge in [0.25, 0.3) is 0 Å².